The molecule has 1 heterocycles. The predicted octanol–water partition coefficient (Wildman–Crippen LogP) is 2.97. The van der Waals surface area contributed by atoms with E-state index in [1.54, 1.807) is 18.2 Å². The van der Waals surface area contributed by atoms with Gasteiger partial charge in [-0.25, -0.2) is 8.78 Å². The Labute approximate surface area is 109 Å². The number of nitrogens with zero attached hydrogens (tertiary/aromatic N) is 1. The van der Waals surface area contributed by atoms with Crippen LogP contribution in [0.1, 0.15) is 22.7 Å². The molecule has 96 valence electrons. The number of amidine groups is 1. The molecule has 0 saturated heterocycles. The summed E-state index contributed by atoms with van der Waals surface area (Å²) in [5, 5.41) is 0. The van der Waals surface area contributed by atoms with Crippen LogP contribution in [0.3, 0.4) is 0 Å². The van der Waals surface area contributed by atoms with E-state index in [0.717, 1.165) is 11.1 Å². The fraction of sp³-hybridized carbons (Fsp3) is 0.133. The zero-order chi connectivity index (χ0) is 13.4. The summed E-state index contributed by atoms with van der Waals surface area (Å²) in [5.41, 5.74) is 7.94. The Morgan fingerprint density at radius 2 is 1.79 bits per heavy atom. The summed E-state index contributed by atoms with van der Waals surface area (Å²) < 4.78 is 26.6. The van der Waals surface area contributed by atoms with Crippen molar-refractivity contribution in [2.45, 2.75) is 12.5 Å². The van der Waals surface area contributed by atoms with Gasteiger partial charge in [0.15, 0.2) is 0 Å². The van der Waals surface area contributed by atoms with E-state index in [1.165, 1.54) is 18.2 Å². The zero-order valence-corrected chi connectivity index (χ0v) is 10.1. The summed E-state index contributed by atoms with van der Waals surface area (Å²) >= 11 is 0. The van der Waals surface area contributed by atoms with E-state index in [1.807, 2.05) is 6.07 Å². The molecule has 4 heteroatoms. The molecule has 0 aliphatic carbocycles. The molecule has 1 unspecified atom stereocenters. The third-order valence-electron chi connectivity index (χ3n) is 3.32. The lowest BCUT2D eigenvalue weighted by Gasteiger charge is -2.22. The summed E-state index contributed by atoms with van der Waals surface area (Å²) in [6.07, 6.45) is 0.569. The van der Waals surface area contributed by atoms with Crippen LogP contribution in [-0.2, 0) is 6.42 Å². The van der Waals surface area contributed by atoms with Crippen LogP contribution in [-0.4, -0.2) is 5.84 Å². The van der Waals surface area contributed by atoms with Gasteiger partial charge in [0.1, 0.15) is 17.5 Å². The maximum absolute atomic E-state index is 13.7. The van der Waals surface area contributed by atoms with Gasteiger partial charge in [-0.05, 0) is 35.7 Å². The lowest BCUT2D eigenvalue weighted by Crippen LogP contribution is -2.24. The van der Waals surface area contributed by atoms with Gasteiger partial charge in [0.05, 0.1) is 11.6 Å². The molecule has 0 fully saturated rings. The van der Waals surface area contributed by atoms with E-state index < -0.39 is 0 Å². The third kappa shape index (κ3) is 2.10. The van der Waals surface area contributed by atoms with E-state index in [2.05, 4.69) is 4.99 Å². The van der Waals surface area contributed by atoms with Crippen LogP contribution in [0.4, 0.5) is 8.78 Å². The number of aliphatic imine (C=N–C) groups is 1. The van der Waals surface area contributed by atoms with Crippen LogP contribution < -0.4 is 5.73 Å². The lowest BCUT2D eigenvalue weighted by atomic mass is 9.92. The predicted molar refractivity (Wildman–Crippen MR) is 70.0 cm³/mol. The van der Waals surface area contributed by atoms with Crippen LogP contribution in [0.25, 0.3) is 0 Å². The third-order valence-corrected chi connectivity index (χ3v) is 3.32. The zero-order valence-electron chi connectivity index (χ0n) is 10.1. The van der Waals surface area contributed by atoms with Crippen molar-refractivity contribution in [3.05, 3.63) is 70.8 Å². The maximum atomic E-state index is 13.7. The number of hydrogen-bond donors (Lipinski definition) is 1. The second kappa shape index (κ2) is 4.46. The van der Waals surface area contributed by atoms with Gasteiger partial charge in [0, 0.05) is 0 Å². The topological polar surface area (TPSA) is 38.4 Å². The molecule has 2 aromatic carbocycles. The van der Waals surface area contributed by atoms with Gasteiger partial charge in [-0.1, -0.05) is 24.3 Å². The van der Waals surface area contributed by atoms with Crippen LogP contribution in [0, 0.1) is 11.6 Å². The Hall–Kier alpha value is -2.23. The Bertz CT molecular complexity index is 648. The highest BCUT2D eigenvalue weighted by atomic mass is 19.1. The highest BCUT2D eigenvalue weighted by Gasteiger charge is 2.23. The molecule has 0 bridgehead atoms. The highest BCUT2D eigenvalue weighted by molar-refractivity contribution is 6.00. The van der Waals surface area contributed by atoms with Crippen molar-refractivity contribution >= 4 is 5.84 Å². The molecule has 0 aromatic heterocycles. The Balaban J connectivity index is 2.02. The second-order valence-electron chi connectivity index (χ2n) is 4.56. The minimum Gasteiger partial charge on any atom is -0.383 e. The van der Waals surface area contributed by atoms with E-state index in [0.29, 0.717) is 12.0 Å². The molecule has 0 amide bonds. The second-order valence-corrected chi connectivity index (χ2v) is 4.56. The first kappa shape index (κ1) is 11.8. The normalized spacial score (nSPS) is 17.8. The number of fused-ring (bicyclic) bond motifs is 1. The fourth-order valence-electron chi connectivity index (χ4n) is 2.39. The van der Waals surface area contributed by atoms with Gasteiger partial charge in [0.2, 0.25) is 0 Å². The Morgan fingerprint density at radius 3 is 2.53 bits per heavy atom. The van der Waals surface area contributed by atoms with Crippen LogP contribution >= 0.6 is 0 Å². The van der Waals surface area contributed by atoms with E-state index in [-0.39, 0.29) is 23.5 Å². The summed E-state index contributed by atoms with van der Waals surface area (Å²) in [7, 11) is 0. The fourth-order valence-corrected chi connectivity index (χ4v) is 2.39. The molecule has 1 atom stereocenters. The quantitative estimate of drug-likeness (QED) is 0.839. The molecular weight excluding hydrogens is 246 g/mol. The summed E-state index contributed by atoms with van der Waals surface area (Å²) in [6.45, 7) is 0. The molecule has 19 heavy (non-hydrogen) atoms. The van der Waals surface area contributed by atoms with Gasteiger partial charge in [-0.2, -0.15) is 0 Å². The molecule has 1 aliphatic rings. The average molecular weight is 258 g/mol. The van der Waals surface area contributed by atoms with Gasteiger partial charge in [-0.3, -0.25) is 4.99 Å². The first-order chi connectivity index (χ1) is 9.15. The summed E-state index contributed by atoms with van der Waals surface area (Å²) in [5.74, 6) is -0.437. The molecule has 2 N–H and O–H groups in total. The van der Waals surface area contributed by atoms with Crippen LogP contribution in [0.15, 0.2) is 47.5 Å². The standard InChI is InChI=1S/C15H12F2N2/c16-11-6-4-9(5-7-11)13-8-10-2-1-3-12(17)14(10)15(18)19-13/h1-7,13H,8H2,(H2,18,19). The molecule has 1 aliphatic heterocycles. The van der Waals surface area contributed by atoms with E-state index in [9.17, 15) is 8.78 Å². The molecule has 2 nitrogen and oxygen atoms in total. The number of hydrogen-bond acceptors (Lipinski definition) is 2. The van der Waals surface area contributed by atoms with Gasteiger partial charge >= 0.3 is 0 Å². The first-order valence-corrected chi connectivity index (χ1v) is 6.01. The van der Waals surface area contributed by atoms with E-state index >= 15 is 0 Å². The van der Waals surface area contributed by atoms with Gasteiger partial charge in [-0.15, -0.1) is 0 Å². The van der Waals surface area contributed by atoms with Crippen molar-refractivity contribution in [2.24, 2.45) is 10.7 Å². The summed E-state index contributed by atoms with van der Waals surface area (Å²) in [4.78, 5) is 4.32. The Kier molecular flexibility index (Phi) is 2.78. The number of nitrogens with two attached hydrogens (primary N) is 1. The lowest BCUT2D eigenvalue weighted by molar-refractivity contribution is 0.611. The minimum atomic E-state index is -0.351. The molecular formula is C15H12F2N2. The molecule has 0 spiro atoms. The number of benzene rings is 2. The monoisotopic (exact) mass is 258 g/mol. The van der Waals surface area contributed by atoms with Crippen molar-refractivity contribution < 1.29 is 8.78 Å². The maximum Gasteiger partial charge on any atom is 0.134 e. The van der Waals surface area contributed by atoms with E-state index in [4.69, 9.17) is 5.73 Å². The van der Waals surface area contributed by atoms with Crippen LogP contribution in [0.5, 0.6) is 0 Å². The van der Waals surface area contributed by atoms with Crippen molar-refractivity contribution in [1.29, 1.82) is 0 Å². The average Bonchev–Trinajstić information content (AvgIpc) is 2.39. The minimum absolute atomic E-state index is 0.185. The molecule has 0 radical (unpaired) electrons. The summed E-state index contributed by atoms with van der Waals surface area (Å²) in [6, 6.07) is 10.8. The van der Waals surface area contributed by atoms with Crippen molar-refractivity contribution in [1.82, 2.24) is 0 Å². The van der Waals surface area contributed by atoms with Crippen LogP contribution in [0.2, 0.25) is 0 Å². The smallest absolute Gasteiger partial charge is 0.134 e. The largest absolute Gasteiger partial charge is 0.383 e. The van der Waals surface area contributed by atoms with Crippen molar-refractivity contribution in [3.8, 4) is 0 Å². The molecule has 3 rings (SSSR count). The van der Waals surface area contributed by atoms with Crippen molar-refractivity contribution in [3.63, 3.8) is 0 Å². The van der Waals surface area contributed by atoms with Gasteiger partial charge < -0.3 is 5.73 Å². The Morgan fingerprint density at radius 1 is 1.05 bits per heavy atom. The first-order valence-electron chi connectivity index (χ1n) is 6.01. The molecule has 2 aromatic rings. The van der Waals surface area contributed by atoms with Gasteiger partial charge in [0.25, 0.3) is 0 Å². The number of halogens is 2. The highest BCUT2D eigenvalue weighted by Crippen LogP contribution is 2.29. The number of rotatable bonds is 1. The van der Waals surface area contributed by atoms with Crippen molar-refractivity contribution in [2.75, 3.05) is 0 Å². The molecule has 0 saturated carbocycles. The SMILES string of the molecule is NC1=NC(c2ccc(F)cc2)Cc2cccc(F)c21.